The Morgan fingerprint density at radius 3 is 2.41 bits per heavy atom. The van der Waals surface area contributed by atoms with E-state index >= 15 is 0 Å². The minimum Gasteiger partial charge on any atom is -0.384 e. The highest BCUT2D eigenvalue weighted by molar-refractivity contribution is 6.02. The number of carbonyl (C=O) groups excluding carboxylic acids is 3. The summed E-state index contributed by atoms with van der Waals surface area (Å²) in [6, 6.07) is 9.46. The van der Waals surface area contributed by atoms with Crippen LogP contribution in [0.1, 0.15) is 76.0 Å². The number of benzene rings is 1. The van der Waals surface area contributed by atoms with Gasteiger partial charge in [0.1, 0.15) is 5.82 Å². The Bertz CT molecular complexity index is 1150. The second kappa shape index (κ2) is 10.9. The molecular formula is C28H35N5O4. The number of rotatable bonds is 11. The first kappa shape index (κ1) is 25.2. The van der Waals surface area contributed by atoms with Gasteiger partial charge in [-0.3, -0.25) is 14.4 Å². The highest BCUT2D eigenvalue weighted by Gasteiger charge is 2.41. The van der Waals surface area contributed by atoms with E-state index in [0.29, 0.717) is 53.4 Å². The first-order valence-electron chi connectivity index (χ1n) is 13.2. The molecule has 3 aliphatic rings. The number of carbonyl (C=O) groups is 3. The van der Waals surface area contributed by atoms with E-state index in [-0.39, 0.29) is 17.7 Å². The summed E-state index contributed by atoms with van der Waals surface area (Å²) in [4.78, 5) is 44.2. The van der Waals surface area contributed by atoms with Crippen LogP contribution in [0.25, 0.3) is 0 Å². The van der Waals surface area contributed by atoms with Crippen molar-refractivity contribution in [3.63, 3.8) is 0 Å². The van der Waals surface area contributed by atoms with Crippen LogP contribution in [0.5, 0.6) is 0 Å². The molecule has 196 valence electrons. The normalized spacial score (nSPS) is 22.5. The molecule has 5 rings (SSSR count). The number of amides is 2. The Balaban J connectivity index is 1.21. The summed E-state index contributed by atoms with van der Waals surface area (Å²) in [7, 11) is 1.58. The number of ketones is 1. The maximum absolute atomic E-state index is 13.1. The molecule has 3 heterocycles. The highest BCUT2D eigenvalue weighted by atomic mass is 16.5. The van der Waals surface area contributed by atoms with Gasteiger partial charge in [0, 0.05) is 61.2 Å². The minimum absolute atomic E-state index is 0.0278. The molecule has 2 atom stereocenters. The van der Waals surface area contributed by atoms with Crippen LogP contribution >= 0.6 is 0 Å². The highest BCUT2D eigenvalue weighted by Crippen LogP contribution is 2.38. The van der Waals surface area contributed by atoms with E-state index in [0.717, 1.165) is 38.0 Å². The van der Waals surface area contributed by atoms with Gasteiger partial charge in [0.2, 0.25) is 0 Å². The predicted molar refractivity (Wildman–Crippen MR) is 141 cm³/mol. The maximum atomic E-state index is 13.1. The largest absolute Gasteiger partial charge is 0.384 e. The summed E-state index contributed by atoms with van der Waals surface area (Å²) >= 11 is 0. The van der Waals surface area contributed by atoms with Gasteiger partial charge in [0.15, 0.2) is 5.78 Å². The zero-order chi connectivity index (χ0) is 25.9. The Labute approximate surface area is 217 Å². The average Bonchev–Trinajstić information content (AvgIpc) is 3.69. The van der Waals surface area contributed by atoms with Crippen molar-refractivity contribution in [3.05, 3.63) is 53.2 Å². The summed E-state index contributed by atoms with van der Waals surface area (Å²) in [6.45, 7) is 1.18. The maximum Gasteiger partial charge on any atom is 0.251 e. The molecule has 1 aliphatic carbocycles. The summed E-state index contributed by atoms with van der Waals surface area (Å²) in [6.07, 6.45) is 8.15. The van der Waals surface area contributed by atoms with Gasteiger partial charge in [-0.25, -0.2) is 4.98 Å². The third-order valence-electron chi connectivity index (χ3n) is 7.76. The van der Waals surface area contributed by atoms with Crippen molar-refractivity contribution in [3.8, 4) is 0 Å². The van der Waals surface area contributed by atoms with Gasteiger partial charge in [0.05, 0.1) is 12.2 Å². The fourth-order valence-corrected chi connectivity index (χ4v) is 5.60. The number of piperidine rings is 1. The minimum atomic E-state index is -0.504. The second-order valence-corrected chi connectivity index (χ2v) is 10.5. The standard InChI is InChI=1S/C28H35N5O4/c1-37-11-10-25(34)19-5-9-26(31-16-19)33-21-6-7-22(33)14-20(13-21)32-28(36)18-4-8-23(27(29)35)24(12-18)30-15-17-2-3-17/h4-5,8-9,12,16-17,20-22,30H,2-3,6-7,10-11,13-15H2,1H3,(H2,29,35)(H,32,36). The van der Waals surface area contributed by atoms with E-state index in [9.17, 15) is 14.4 Å². The van der Waals surface area contributed by atoms with Crippen molar-refractivity contribution in [1.29, 1.82) is 0 Å². The number of anilines is 2. The SMILES string of the molecule is COCCC(=O)c1ccc(N2C3CCC2CC(NC(=O)c2ccc(C(N)=O)c(NCC4CC4)c2)C3)nc1. The van der Waals surface area contributed by atoms with Crippen molar-refractivity contribution < 1.29 is 19.1 Å². The lowest BCUT2D eigenvalue weighted by atomic mass is 9.96. The zero-order valence-corrected chi connectivity index (χ0v) is 21.2. The molecule has 2 amide bonds. The van der Waals surface area contributed by atoms with E-state index in [1.807, 2.05) is 12.1 Å². The molecule has 0 radical (unpaired) electrons. The number of fused-ring (bicyclic) bond motifs is 2. The smallest absolute Gasteiger partial charge is 0.251 e. The summed E-state index contributed by atoms with van der Waals surface area (Å²) in [5.74, 6) is 0.894. The number of nitrogens with one attached hydrogen (secondary N) is 2. The number of hydrogen-bond acceptors (Lipinski definition) is 7. The first-order valence-corrected chi connectivity index (χ1v) is 13.2. The third kappa shape index (κ3) is 5.77. The van der Waals surface area contributed by atoms with Crippen LogP contribution in [-0.4, -0.2) is 61.0 Å². The van der Waals surface area contributed by atoms with Crippen molar-refractivity contribution in [2.24, 2.45) is 11.7 Å². The van der Waals surface area contributed by atoms with Gasteiger partial charge in [0.25, 0.3) is 11.8 Å². The number of Topliss-reactive ketones (excluding diaryl/α,β-unsaturated/α-hetero) is 1. The number of primary amides is 1. The van der Waals surface area contributed by atoms with Gasteiger partial charge in [-0.05, 0) is 74.8 Å². The molecule has 2 bridgehead atoms. The van der Waals surface area contributed by atoms with Crippen LogP contribution in [0, 0.1) is 5.92 Å². The van der Waals surface area contributed by atoms with Gasteiger partial charge < -0.3 is 26.0 Å². The monoisotopic (exact) mass is 505 g/mol. The van der Waals surface area contributed by atoms with Crippen LogP contribution < -0.4 is 21.3 Å². The molecule has 9 heteroatoms. The lowest BCUT2D eigenvalue weighted by Gasteiger charge is -2.40. The molecule has 1 saturated carbocycles. The third-order valence-corrected chi connectivity index (χ3v) is 7.76. The summed E-state index contributed by atoms with van der Waals surface area (Å²) in [5.41, 5.74) is 7.69. The van der Waals surface area contributed by atoms with Crippen LogP contribution in [0.15, 0.2) is 36.5 Å². The molecule has 4 N–H and O–H groups in total. The second-order valence-electron chi connectivity index (χ2n) is 10.5. The molecule has 37 heavy (non-hydrogen) atoms. The quantitative estimate of drug-likeness (QED) is 0.401. The lowest BCUT2D eigenvalue weighted by molar-refractivity contribution is 0.0920. The number of methoxy groups -OCH3 is 1. The topological polar surface area (TPSA) is 127 Å². The first-order chi connectivity index (χ1) is 17.9. The Morgan fingerprint density at radius 1 is 1.05 bits per heavy atom. The number of aromatic nitrogens is 1. The molecule has 2 unspecified atom stereocenters. The van der Waals surface area contributed by atoms with E-state index in [1.165, 1.54) is 12.8 Å². The van der Waals surface area contributed by atoms with Crippen LogP contribution in [-0.2, 0) is 4.74 Å². The number of hydrogen-bond donors (Lipinski definition) is 3. The lowest BCUT2D eigenvalue weighted by Crippen LogP contribution is -2.50. The summed E-state index contributed by atoms with van der Waals surface area (Å²) < 4.78 is 5.00. The van der Waals surface area contributed by atoms with E-state index in [2.05, 4.69) is 20.5 Å². The van der Waals surface area contributed by atoms with Crippen molar-refractivity contribution in [1.82, 2.24) is 10.3 Å². The molecule has 3 fully saturated rings. The fraction of sp³-hybridized carbons (Fsp3) is 0.500. The van der Waals surface area contributed by atoms with E-state index in [1.54, 1.807) is 31.5 Å². The van der Waals surface area contributed by atoms with Crippen molar-refractivity contribution >= 4 is 29.1 Å². The zero-order valence-electron chi connectivity index (χ0n) is 21.2. The Kier molecular flexibility index (Phi) is 7.41. The van der Waals surface area contributed by atoms with E-state index < -0.39 is 5.91 Å². The van der Waals surface area contributed by atoms with Crippen molar-refractivity contribution in [2.45, 2.75) is 63.1 Å². The molecule has 2 aromatic rings. The van der Waals surface area contributed by atoms with Crippen LogP contribution in [0.4, 0.5) is 11.5 Å². The molecule has 2 saturated heterocycles. The number of nitrogens with zero attached hydrogens (tertiary/aromatic N) is 2. The Morgan fingerprint density at radius 2 is 1.78 bits per heavy atom. The number of ether oxygens (including phenoxy) is 1. The molecule has 1 aromatic carbocycles. The summed E-state index contributed by atoms with van der Waals surface area (Å²) in [5, 5.41) is 6.52. The molecule has 9 nitrogen and oxygen atoms in total. The Hall–Kier alpha value is -3.46. The average molecular weight is 506 g/mol. The van der Waals surface area contributed by atoms with Gasteiger partial charge in [-0.1, -0.05) is 0 Å². The number of pyridine rings is 1. The fourth-order valence-electron chi connectivity index (χ4n) is 5.60. The van der Waals surface area contributed by atoms with Gasteiger partial charge in [-0.2, -0.15) is 0 Å². The van der Waals surface area contributed by atoms with Crippen molar-refractivity contribution in [2.75, 3.05) is 30.5 Å². The molecular weight excluding hydrogens is 470 g/mol. The molecule has 2 aliphatic heterocycles. The van der Waals surface area contributed by atoms with E-state index in [4.69, 9.17) is 10.5 Å². The van der Waals surface area contributed by atoms with Crippen LogP contribution in [0.2, 0.25) is 0 Å². The predicted octanol–water partition coefficient (Wildman–Crippen LogP) is 3.15. The van der Waals surface area contributed by atoms with Crippen LogP contribution in [0.3, 0.4) is 0 Å². The van der Waals surface area contributed by atoms with Gasteiger partial charge >= 0.3 is 0 Å². The van der Waals surface area contributed by atoms with Gasteiger partial charge in [-0.15, -0.1) is 0 Å². The molecule has 0 spiro atoms. The number of nitrogens with two attached hydrogens (primary N) is 1. The molecule has 1 aromatic heterocycles.